The number of benzene rings is 4. The summed E-state index contributed by atoms with van der Waals surface area (Å²) in [6, 6.07) is 40.2. The topological polar surface area (TPSA) is 0 Å². The number of hydrogen-bond acceptors (Lipinski definition) is 2. The van der Waals surface area contributed by atoms with Crippen LogP contribution in [-0.2, 0) is 32.3 Å². The van der Waals surface area contributed by atoms with Crippen LogP contribution in [0.3, 0.4) is 0 Å². The molecule has 200 valence electrons. The fourth-order valence-electron chi connectivity index (χ4n) is 4.33. The molecule has 0 saturated carbocycles. The first-order valence-corrected chi connectivity index (χ1v) is 14.7. The molecular formula is C36H28F2S2Zn. The summed E-state index contributed by atoms with van der Waals surface area (Å²) in [5, 5.41) is 0. The van der Waals surface area contributed by atoms with Gasteiger partial charge in [0.1, 0.15) is 11.6 Å². The van der Waals surface area contributed by atoms with Gasteiger partial charge >= 0.3 is 19.5 Å². The molecule has 6 rings (SSSR count). The first-order chi connectivity index (χ1) is 19.4. The van der Waals surface area contributed by atoms with Crippen LogP contribution < -0.4 is 0 Å². The third-order valence-corrected chi connectivity index (χ3v) is 8.97. The molecule has 0 aliphatic heterocycles. The third kappa shape index (κ3) is 8.39. The second kappa shape index (κ2) is 14.6. The fraction of sp³-hybridized carbons (Fsp3) is 0.111. The summed E-state index contributed by atoms with van der Waals surface area (Å²) in [6.07, 6.45) is 1.85. The van der Waals surface area contributed by atoms with E-state index in [4.69, 9.17) is 0 Å². The monoisotopic (exact) mass is 626 g/mol. The molecular weight excluding hydrogens is 600 g/mol. The van der Waals surface area contributed by atoms with Gasteiger partial charge in [0, 0.05) is 9.75 Å². The number of hydrogen-bond donors (Lipinski definition) is 0. The maximum atomic E-state index is 12.9. The van der Waals surface area contributed by atoms with Gasteiger partial charge in [-0.2, -0.15) is 59.7 Å². The van der Waals surface area contributed by atoms with Crippen LogP contribution in [0, 0.1) is 37.6 Å². The predicted octanol–water partition coefficient (Wildman–Crippen LogP) is 10.5. The van der Waals surface area contributed by atoms with Gasteiger partial charge < -0.3 is 0 Å². The number of aryl methyl sites for hydroxylation is 2. The number of thiophene rings is 2. The SMILES string of the molecule is Cc1cc[c-]cc1Cc1ccc(-c2ccc(F)cc2)s1.Cc1cc[c-]cc1Cc1ccc(-c2ccc(F)cc2)s1.[Zn+2]. The van der Waals surface area contributed by atoms with Gasteiger partial charge in [-0.25, -0.2) is 8.78 Å². The van der Waals surface area contributed by atoms with Crippen LogP contribution in [0.5, 0.6) is 0 Å². The van der Waals surface area contributed by atoms with E-state index in [-0.39, 0.29) is 31.1 Å². The van der Waals surface area contributed by atoms with Crippen LogP contribution in [0.2, 0.25) is 0 Å². The van der Waals surface area contributed by atoms with E-state index in [0.29, 0.717) is 0 Å². The molecule has 0 unspecified atom stereocenters. The summed E-state index contributed by atoms with van der Waals surface area (Å²) < 4.78 is 25.9. The first kappa shape index (κ1) is 30.7. The Hall–Kier alpha value is -3.24. The van der Waals surface area contributed by atoms with Crippen molar-refractivity contribution in [2.24, 2.45) is 0 Å². The van der Waals surface area contributed by atoms with Gasteiger partial charge in [0.15, 0.2) is 0 Å². The van der Waals surface area contributed by atoms with Crippen LogP contribution in [0.1, 0.15) is 32.0 Å². The largest absolute Gasteiger partial charge is 2.00 e. The smallest absolute Gasteiger partial charge is 0.207 e. The van der Waals surface area contributed by atoms with Crippen molar-refractivity contribution in [2.75, 3.05) is 0 Å². The van der Waals surface area contributed by atoms with Crippen LogP contribution in [-0.4, -0.2) is 0 Å². The second-order valence-corrected chi connectivity index (χ2v) is 11.9. The number of rotatable bonds is 6. The molecule has 4 aromatic carbocycles. The standard InChI is InChI=1S/2C18H14FS.Zn/c2*1-13-4-2-3-5-15(13)12-17-10-11-18(20-17)14-6-8-16(19)9-7-14;/h2*2,4-11H,12H2,1H3;/q2*-1;+2. The molecule has 0 aliphatic rings. The molecule has 41 heavy (non-hydrogen) atoms. The van der Waals surface area contributed by atoms with E-state index in [1.165, 1.54) is 66.0 Å². The van der Waals surface area contributed by atoms with E-state index in [9.17, 15) is 8.78 Å². The van der Waals surface area contributed by atoms with Gasteiger partial charge in [-0.3, -0.25) is 0 Å². The Morgan fingerprint density at radius 3 is 1.29 bits per heavy atom. The van der Waals surface area contributed by atoms with Crippen molar-refractivity contribution in [1.29, 1.82) is 0 Å². The average Bonchev–Trinajstić information content (AvgIpc) is 3.63. The van der Waals surface area contributed by atoms with Gasteiger partial charge in [-0.05, 0) is 82.3 Å². The summed E-state index contributed by atoms with van der Waals surface area (Å²) in [4.78, 5) is 4.98. The van der Waals surface area contributed by atoms with Crippen LogP contribution in [0.4, 0.5) is 8.78 Å². The average molecular weight is 628 g/mol. The fourth-order valence-corrected chi connectivity index (χ4v) is 6.40. The van der Waals surface area contributed by atoms with Crippen molar-refractivity contribution in [2.45, 2.75) is 26.7 Å². The molecule has 0 amide bonds. The van der Waals surface area contributed by atoms with E-state index in [0.717, 1.165) is 24.0 Å². The van der Waals surface area contributed by atoms with Gasteiger partial charge in [-0.1, -0.05) is 38.1 Å². The minimum Gasteiger partial charge on any atom is -0.207 e. The summed E-state index contributed by atoms with van der Waals surface area (Å²) in [6.45, 7) is 4.25. The molecule has 0 N–H and O–H groups in total. The molecule has 0 radical (unpaired) electrons. The molecule has 2 aromatic heterocycles. The zero-order valence-corrected chi connectivity index (χ0v) is 27.7. The quantitative estimate of drug-likeness (QED) is 0.127. The van der Waals surface area contributed by atoms with Gasteiger partial charge in [0.2, 0.25) is 0 Å². The molecule has 0 fully saturated rings. The predicted molar refractivity (Wildman–Crippen MR) is 165 cm³/mol. The minimum atomic E-state index is -0.194. The van der Waals surface area contributed by atoms with Crippen molar-refractivity contribution in [1.82, 2.24) is 0 Å². The molecule has 0 aliphatic carbocycles. The maximum Gasteiger partial charge on any atom is 2.00 e. The summed E-state index contributed by atoms with van der Waals surface area (Å²) >= 11 is 3.52. The molecule has 5 heteroatoms. The van der Waals surface area contributed by atoms with E-state index in [2.05, 4.69) is 62.4 Å². The Kier molecular flexibility index (Phi) is 10.9. The minimum absolute atomic E-state index is 0. The Morgan fingerprint density at radius 2 is 0.927 bits per heavy atom. The van der Waals surface area contributed by atoms with Gasteiger partial charge in [0.25, 0.3) is 0 Å². The van der Waals surface area contributed by atoms with Crippen molar-refractivity contribution in [3.05, 3.63) is 165 Å². The zero-order valence-electron chi connectivity index (χ0n) is 23.1. The molecule has 2 heterocycles. The molecule has 0 nitrogen and oxygen atoms in total. The van der Waals surface area contributed by atoms with Crippen LogP contribution in [0.15, 0.2) is 109 Å². The Morgan fingerprint density at radius 1 is 0.537 bits per heavy atom. The van der Waals surface area contributed by atoms with Gasteiger partial charge in [-0.15, -0.1) is 33.8 Å². The van der Waals surface area contributed by atoms with Crippen LogP contribution >= 0.6 is 22.7 Å². The summed E-state index contributed by atoms with van der Waals surface area (Å²) in [5.74, 6) is -0.387. The molecule has 0 spiro atoms. The Balaban J connectivity index is 0.000000184. The van der Waals surface area contributed by atoms with Gasteiger partial charge in [0.05, 0.1) is 0 Å². The Bertz CT molecular complexity index is 1550. The van der Waals surface area contributed by atoms with E-state index in [1.807, 2.05) is 48.5 Å². The zero-order chi connectivity index (χ0) is 27.9. The Labute approximate surface area is 262 Å². The van der Waals surface area contributed by atoms with Crippen LogP contribution in [0.25, 0.3) is 20.9 Å². The van der Waals surface area contributed by atoms with Crippen molar-refractivity contribution in [3.63, 3.8) is 0 Å². The van der Waals surface area contributed by atoms with E-state index < -0.39 is 0 Å². The maximum absolute atomic E-state index is 12.9. The van der Waals surface area contributed by atoms with E-state index >= 15 is 0 Å². The third-order valence-electron chi connectivity index (χ3n) is 6.70. The molecule has 0 bridgehead atoms. The molecule has 6 aromatic rings. The number of halogens is 2. The normalized spacial score (nSPS) is 10.4. The van der Waals surface area contributed by atoms with E-state index in [1.54, 1.807) is 22.7 Å². The first-order valence-electron chi connectivity index (χ1n) is 13.0. The second-order valence-electron chi connectivity index (χ2n) is 9.60. The summed E-state index contributed by atoms with van der Waals surface area (Å²) in [7, 11) is 0. The summed E-state index contributed by atoms with van der Waals surface area (Å²) in [5.41, 5.74) is 7.33. The molecule has 0 saturated heterocycles. The van der Waals surface area contributed by atoms with Crippen molar-refractivity contribution < 1.29 is 28.3 Å². The van der Waals surface area contributed by atoms with Crippen molar-refractivity contribution >= 4 is 22.7 Å². The van der Waals surface area contributed by atoms with Crippen molar-refractivity contribution in [3.8, 4) is 20.9 Å². The molecule has 0 atom stereocenters.